The van der Waals surface area contributed by atoms with Crippen LogP contribution in [0.15, 0.2) is 63.8 Å². The maximum atomic E-state index is 11.5. The number of hydrogen-bond donors (Lipinski definition) is 0. The molecule has 2 aromatic carbocycles. The van der Waals surface area contributed by atoms with Gasteiger partial charge in [0.1, 0.15) is 17.9 Å². The van der Waals surface area contributed by atoms with Crippen molar-refractivity contribution in [3.8, 4) is 5.75 Å². The molecule has 0 amide bonds. The van der Waals surface area contributed by atoms with Crippen molar-refractivity contribution in [3.05, 3.63) is 81.7 Å². The van der Waals surface area contributed by atoms with Gasteiger partial charge in [0.05, 0.1) is 5.39 Å². The topological polar surface area (TPSA) is 39.4 Å². The first kappa shape index (κ1) is 15.1. The van der Waals surface area contributed by atoms with Gasteiger partial charge in [-0.3, -0.25) is 0 Å². The van der Waals surface area contributed by atoms with Crippen LogP contribution in [0.25, 0.3) is 17.0 Å². The lowest BCUT2D eigenvalue weighted by molar-refractivity contribution is 0.367. The molecular formula is C20H18O3. The van der Waals surface area contributed by atoms with Crippen LogP contribution in [0.4, 0.5) is 0 Å². The zero-order chi connectivity index (χ0) is 16.2. The van der Waals surface area contributed by atoms with Crippen LogP contribution in [-0.4, -0.2) is 6.61 Å². The minimum Gasteiger partial charge on any atom is -0.489 e. The lowest BCUT2D eigenvalue weighted by atomic mass is 10.1. The molecule has 3 nitrogen and oxygen atoms in total. The Labute approximate surface area is 134 Å². The highest BCUT2D eigenvalue weighted by atomic mass is 16.5. The molecule has 0 aliphatic rings. The van der Waals surface area contributed by atoms with E-state index in [0.717, 1.165) is 27.8 Å². The van der Waals surface area contributed by atoms with Crippen LogP contribution in [0.3, 0.4) is 0 Å². The van der Waals surface area contributed by atoms with Gasteiger partial charge >= 0.3 is 5.63 Å². The number of benzene rings is 2. The molecule has 0 saturated carbocycles. The zero-order valence-corrected chi connectivity index (χ0v) is 13.2. The predicted octanol–water partition coefficient (Wildman–Crippen LogP) is 4.50. The number of fused-ring (bicyclic) bond motifs is 1. The van der Waals surface area contributed by atoms with E-state index in [1.165, 1.54) is 6.07 Å². The van der Waals surface area contributed by atoms with Crippen LogP contribution in [0.1, 0.15) is 16.7 Å². The fourth-order valence-electron chi connectivity index (χ4n) is 2.58. The summed E-state index contributed by atoms with van der Waals surface area (Å²) < 4.78 is 11.2. The first-order valence-corrected chi connectivity index (χ1v) is 7.53. The Morgan fingerprint density at radius 1 is 1.09 bits per heavy atom. The van der Waals surface area contributed by atoms with Gasteiger partial charge in [0.2, 0.25) is 0 Å². The molecule has 0 fully saturated rings. The molecule has 0 spiro atoms. The predicted molar refractivity (Wildman–Crippen MR) is 92.9 cm³/mol. The van der Waals surface area contributed by atoms with E-state index in [9.17, 15) is 4.79 Å². The number of hydrogen-bond acceptors (Lipinski definition) is 3. The highest BCUT2D eigenvalue weighted by molar-refractivity contribution is 5.87. The van der Waals surface area contributed by atoms with E-state index in [4.69, 9.17) is 9.15 Å². The zero-order valence-electron chi connectivity index (χ0n) is 13.2. The van der Waals surface area contributed by atoms with Crippen molar-refractivity contribution in [1.82, 2.24) is 0 Å². The summed E-state index contributed by atoms with van der Waals surface area (Å²) in [6, 6.07) is 15.4. The molecule has 3 rings (SSSR count). The molecule has 116 valence electrons. The lowest BCUT2D eigenvalue weighted by Gasteiger charge is -2.10. The Morgan fingerprint density at radius 3 is 2.65 bits per heavy atom. The largest absolute Gasteiger partial charge is 0.489 e. The Bertz CT molecular complexity index is 905. The quantitative estimate of drug-likeness (QED) is 0.666. The summed E-state index contributed by atoms with van der Waals surface area (Å²) in [5.74, 6) is 0.735. The van der Waals surface area contributed by atoms with Crippen LogP contribution in [0, 0.1) is 13.8 Å². The molecule has 3 aromatic rings. The maximum absolute atomic E-state index is 11.5. The summed E-state index contributed by atoms with van der Waals surface area (Å²) in [6.45, 7) is 4.29. The summed E-state index contributed by atoms with van der Waals surface area (Å²) in [7, 11) is 0. The SMILES string of the molecule is Cc1cc(OC/C=C/c2ccccc2)c2c(C)cc(=O)oc2c1. The molecule has 0 atom stereocenters. The van der Waals surface area contributed by atoms with E-state index < -0.39 is 0 Å². The monoisotopic (exact) mass is 306 g/mol. The Balaban J connectivity index is 1.85. The van der Waals surface area contributed by atoms with Crippen molar-refractivity contribution in [1.29, 1.82) is 0 Å². The maximum Gasteiger partial charge on any atom is 0.336 e. The standard InChI is InChI=1S/C20H18O3/c1-14-11-17(20-15(2)13-19(21)23-18(20)12-14)22-10-6-9-16-7-4-3-5-8-16/h3-9,11-13H,10H2,1-2H3/b9-6+. The van der Waals surface area contributed by atoms with E-state index in [-0.39, 0.29) is 5.63 Å². The average Bonchev–Trinajstić information content (AvgIpc) is 2.51. The molecule has 1 aromatic heterocycles. The van der Waals surface area contributed by atoms with Gasteiger partial charge in [-0.2, -0.15) is 0 Å². The Kier molecular flexibility index (Phi) is 4.29. The van der Waals surface area contributed by atoms with Gasteiger partial charge in [-0.05, 0) is 48.7 Å². The summed E-state index contributed by atoms with van der Waals surface area (Å²) in [6.07, 6.45) is 3.99. The van der Waals surface area contributed by atoms with E-state index >= 15 is 0 Å². The second-order valence-corrected chi connectivity index (χ2v) is 5.51. The van der Waals surface area contributed by atoms with Crippen LogP contribution in [0.2, 0.25) is 0 Å². The average molecular weight is 306 g/mol. The molecule has 23 heavy (non-hydrogen) atoms. The molecule has 0 unspecified atom stereocenters. The molecular weight excluding hydrogens is 288 g/mol. The van der Waals surface area contributed by atoms with Crippen molar-refractivity contribution < 1.29 is 9.15 Å². The Hall–Kier alpha value is -2.81. The van der Waals surface area contributed by atoms with Gasteiger partial charge in [0.25, 0.3) is 0 Å². The van der Waals surface area contributed by atoms with Crippen LogP contribution < -0.4 is 10.4 Å². The summed E-state index contributed by atoms with van der Waals surface area (Å²) >= 11 is 0. The third kappa shape index (κ3) is 3.51. The van der Waals surface area contributed by atoms with Crippen molar-refractivity contribution in [2.75, 3.05) is 6.61 Å². The second kappa shape index (κ2) is 6.53. The van der Waals surface area contributed by atoms with Gasteiger partial charge in [0, 0.05) is 6.07 Å². The highest BCUT2D eigenvalue weighted by Gasteiger charge is 2.09. The van der Waals surface area contributed by atoms with Gasteiger partial charge in [-0.15, -0.1) is 0 Å². The van der Waals surface area contributed by atoms with E-state index in [2.05, 4.69) is 0 Å². The van der Waals surface area contributed by atoms with Crippen molar-refractivity contribution in [3.63, 3.8) is 0 Å². The van der Waals surface area contributed by atoms with Gasteiger partial charge in [-0.1, -0.05) is 36.4 Å². The molecule has 0 radical (unpaired) electrons. The second-order valence-electron chi connectivity index (χ2n) is 5.51. The molecule has 0 saturated heterocycles. The fraction of sp³-hybridized carbons (Fsp3) is 0.150. The van der Waals surface area contributed by atoms with Gasteiger partial charge in [-0.25, -0.2) is 4.79 Å². The normalized spacial score (nSPS) is 11.2. The highest BCUT2D eigenvalue weighted by Crippen LogP contribution is 2.29. The molecule has 0 aliphatic carbocycles. The molecule has 1 heterocycles. The number of ether oxygens (including phenoxy) is 1. The first-order valence-electron chi connectivity index (χ1n) is 7.53. The lowest BCUT2D eigenvalue weighted by Crippen LogP contribution is -2.01. The first-order chi connectivity index (χ1) is 11.1. The van der Waals surface area contributed by atoms with Crippen LogP contribution in [0.5, 0.6) is 5.75 Å². The summed E-state index contributed by atoms with van der Waals surface area (Å²) in [5.41, 5.74) is 3.21. The fourth-order valence-corrected chi connectivity index (χ4v) is 2.58. The minimum atomic E-state index is -0.337. The van der Waals surface area contributed by atoms with Crippen molar-refractivity contribution in [2.45, 2.75) is 13.8 Å². The minimum absolute atomic E-state index is 0.337. The van der Waals surface area contributed by atoms with Gasteiger partial charge < -0.3 is 9.15 Å². The van der Waals surface area contributed by atoms with Crippen molar-refractivity contribution in [2.24, 2.45) is 0 Å². The Morgan fingerprint density at radius 2 is 1.87 bits per heavy atom. The number of aryl methyl sites for hydroxylation is 2. The van der Waals surface area contributed by atoms with E-state index in [1.807, 2.05) is 68.5 Å². The summed E-state index contributed by atoms with van der Waals surface area (Å²) in [4.78, 5) is 11.5. The molecule has 0 bridgehead atoms. The third-order valence-corrected chi connectivity index (χ3v) is 3.59. The molecule has 0 N–H and O–H groups in total. The van der Waals surface area contributed by atoms with Gasteiger partial charge in [0.15, 0.2) is 0 Å². The van der Waals surface area contributed by atoms with Crippen LogP contribution >= 0.6 is 0 Å². The summed E-state index contributed by atoms with van der Waals surface area (Å²) in [5, 5.41) is 0.850. The smallest absolute Gasteiger partial charge is 0.336 e. The molecule has 3 heteroatoms. The number of rotatable bonds is 4. The van der Waals surface area contributed by atoms with Crippen molar-refractivity contribution >= 4 is 17.0 Å². The van der Waals surface area contributed by atoms with E-state index in [1.54, 1.807) is 0 Å². The van der Waals surface area contributed by atoms with E-state index in [0.29, 0.717) is 12.2 Å². The molecule has 0 aliphatic heterocycles. The van der Waals surface area contributed by atoms with Crippen LogP contribution in [-0.2, 0) is 0 Å². The third-order valence-electron chi connectivity index (χ3n) is 3.59.